The number of allylic oxidation sites excluding steroid dienone is 2. The highest BCUT2D eigenvalue weighted by atomic mass is 19.4. The lowest BCUT2D eigenvalue weighted by atomic mass is 10.2. The number of hydrogen-bond donors (Lipinski definition) is 0. The van der Waals surface area contributed by atoms with Gasteiger partial charge < -0.3 is 23.7 Å². The Balaban J connectivity index is 2.19. The van der Waals surface area contributed by atoms with Gasteiger partial charge in [0.05, 0.1) is 39.6 Å². The summed E-state index contributed by atoms with van der Waals surface area (Å²) in [4.78, 5) is 0. The number of ether oxygens (including phenoxy) is 5. The topological polar surface area (TPSA) is 52.8 Å². The van der Waals surface area contributed by atoms with Gasteiger partial charge in [0.15, 0.2) is 5.57 Å². The quantitative estimate of drug-likeness (QED) is 0.301. The molecule has 28 heavy (non-hydrogen) atoms. The van der Waals surface area contributed by atoms with E-state index in [-0.39, 0.29) is 25.4 Å². The molecule has 0 bridgehead atoms. The lowest BCUT2D eigenvalue weighted by Crippen LogP contribution is -2.37. The molecule has 0 aromatic heterocycles. The zero-order chi connectivity index (χ0) is 21.2. The monoisotopic (exact) mass is 434 g/mol. The molecular formula is C14H15F9O5. The van der Waals surface area contributed by atoms with E-state index in [1.165, 1.54) is 0 Å². The highest BCUT2D eigenvalue weighted by molar-refractivity contribution is 5.23. The minimum atomic E-state index is -6.35. The summed E-state index contributed by atoms with van der Waals surface area (Å²) in [5, 5.41) is 0. The van der Waals surface area contributed by atoms with Crippen LogP contribution in [0, 0.1) is 0 Å². The third kappa shape index (κ3) is 7.64. The summed E-state index contributed by atoms with van der Waals surface area (Å²) in [5.74, 6) is -3.20. The van der Waals surface area contributed by atoms with E-state index in [1.807, 2.05) is 0 Å². The second kappa shape index (κ2) is 8.63. The number of alkyl halides is 9. The van der Waals surface area contributed by atoms with E-state index >= 15 is 0 Å². The van der Waals surface area contributed by atoms with Gasteiger partial charge in [-0.05, 0) is 0 Å². The Bertz CT molecular complexity index is 513. The predicted octanol–water partition coefficient (Wildman–Crippen LogP) is 3.14. The van der Waals surface area contributed by atoms with Crippen LogP contribution in [0.25, 0.3) is 0 Å². The van der Waals surface area contributed by atoms with Crippen LogP contribution in [-0.2, 0) is 23.7 Å². The summed E-state index contributed by atoms with van der Waals surface area (Å²) in [5.41, 5.74) is -3.78. The Morgan fingerprint density at radius 3 is 1.43 bits per heavy atom. The standard InChI is InChI=1S/C14H15F9O5/c15-12(16,17)10(13(18,19)20)11(14(21,22)23)28-9(3-24-1-7-5-26-7)4-25-2-8-6-27-8/h7-9H,1-6H2. The van der Waals surface area contributed by atoms with E-state index < -0.39 is 49.2 Å². The van der Waals surface area contributed by atoms with Crippen molar-refractivity contribution in [3.63, 3.8) is 0 Å². The molecule has 0 amide bonds. The second-order valence-electron chi connectivity index (χ2n) is 5.92. The summed E-state index contributed by atoms with van der Waals surface area (Å²) in [7, 11) is 0. The molecule has 2 fully saturated rings. The first-order valence-corrected chi connectivity index (χ1v) is 7.79. The summed E-state index contributed by atoms with van der Waals surface area (Å²) >= 11 is 0. The molecule has 0 spiro atoms. The number of rotatable bonds is 10. The Morgan fingerprint density at radius 1 is 0.750 bits per heavy atom. The van der Waals surface area contributed by atoms with E-state index in [0.717, 1.165) is 0 Å². The largest absolute Gasteiger partial charge is 0.480 e. The molecule has 0 radical (unpaired) electrons. The molecule has 0 N–H and O–H groups in total. The molecule has 0 aliphatic carbocycles. The molecule has 2 saturated heterocycles. The Hall–Kier alpha value is -1.25. The third-order valence-corrected chi connectivity index (χ3v) is 3.36. The van der Waals surface area contributed by atoms with Gasteiger partial charge in [-0.1, -0.05) is 0 Å². The maximum atomic E-state index is 13.0. The highest BCUT2D eigenvalue weighted by Gasteiger charge is 2.59. The van der Waals surface area contributed by atoms with E-state index in [9.17, 15) is 39.5 Å². The van der Waals surface area contributed by atoms with Crippen molar-refractivity contribution in [3.8, 4) is 0 Å². The first kappa shape index (κ1) is 23.0. The SMILES string of the molecule is FC(F)(F)C(OC(COCC1CO1)COCC1CO1)=C(C(F)(F)F)C(F)(F)F. The molecule has 2 rings (SSSR count). The zero-order valence-electron chi connectivity index (χ0n) is 13.9. The first-order chi connectivity index (χ1) is 12.8. The van der Waals surface area contributed by atoms with Gasteiger partial charge in [0.1, 0.15) is 18.3 Å². The Labute approximate surface area is 152 Å². The highest BCUT2D eigenvalue weighted by Crippen LogP contribution is 2.45. The molecule has 14 heteroatoms. The van der Waals surface area contributed by atoms with Crippen LogP contribution in [0.1, 0.15) is 0 Å². The maximum Gasteiger partial charge on any atom is 0.449 e. The number of halogens is 9. The normalized spacial score (nSPS) is 23.3. The maximum absolute atomic E-state index is 13.0. The van der Waals surface area contributed by atoms with Crippen LogP contribution >= 0.6 is 0 Å². The number of epoxide rings is 2. The molecule has 2 aliphatic heterocycles. The molecule has 164 valence electrons. The van der Waals surface area contributed by atoms with Gasteiger partial charge in [0.25, 0.3) is 0 Å². The van der Waals surface area contributed by atoms with Crippen molar-refractivity contribution in [2.45, 2.75) is 36.8 Å². The van der Waals surface area contributed by atoms with Crippen LogP contribution in [-0.4, -0.2) is 76.5 Å². The van der Waals surface area contributed by atoms with Crippen LogP contribution in [0.15, 0.2) is 11.3 Å². The minimum Gasteiger partial charge on any atom is -0.480 e. The lowest BCUT2D eigenvalue weighted by Gasteiger charge is -2.26. The van der Waals surface area contributed by atoms with E-state index in [0.29, 0.717) is 13.2 Å². The average molecular weight is 434 g/mol. The molecule has 0 saturated carbocycles. The van der Waals surface area contributed by atoms with Crippen molar-refractivity contribution in [2.24, 2.45) is 0 Å². The van der Waals surface area contributed by atoms with Gasteiger partial charge in [-0.2, -0.15) is 39.5 Å². The third-order valence-electron chi connectivity index (χ3n) is 3.36. The van der Waals surface area contributed by atoms with Gasteiger partial charge in [-0.15, -0.1) is 0 Å². The van der Waals surface area contributed by atoms with Gasteiger partial charge in [0.2, 0.25) is 5.76 Å². The minimum absolute atomic E-state index is 0.109. The molecule has 5 nitrogen and oxygen atoms in total. The van der Waals surface area contributed by atoms with Gasteiger partial charge in [0, 0.05) is 0 Å². The fourth-order valence-electron chi connectivity index (χ4n) is 1.96. The van der Waals surface area contributed by atoms with Gasteiger partial charge >= 0.3 is 18.5 Å². The summed E-state index contributed by atoms with van der Waals surface area (Å²) in [6.07, 6.45) is -21.3. The van der Waals surface area contributed by atoms with Crippen molar-refractivity contribution in [1.29, 1.82) is 0 Å². The fourth-order valence-corrected chi connectivity index (χ4v) is 1.96. The van der Waals surface area contributed by atoms with Crippen molar-refractivity contribution in [2.75, 3.05) is 39.6 Å². The molecule has 0 aromatic rings. The van der Waals surface area contributed by atoms with Gasteiger partial charge in [-0.3, -0.25) is 0 Å². The molecular weight excluding hydrogens is 419 g/mol. The van der Waals surface area contributed by atoms with Crippen LogP contribution in [0.2, 0.25) is 0 Å². The molecule has 0 aromatic carbocycles. The van der Waals surface area contributed by atoms with Crippen LogP contribution in [0.3, 0.4) is 0 Å². The van der Waals surface area contributed by atoms with Crippen molar-refractivity contribution in [1.82, 2.24) is 0 Å². The van der Waals surface area contributed by atoms with Crippen molar-refractivity contribution >= 4 is 0 Å². The predicted molar refractivity (Wildman–Crippen MR) is 71.2 cm³/mol. The van der Waals surface area contributed by atoms with Gasteiger partial charge in [-0.25, -0.2) is 0 Å². The first-order valence-electron chi connectivity index (χ1n) is 7.79. The summed E-state index contributed by atoms with van der Waals surface area (Å²) in [6.45, 7) is -1.06. The van der Waals surface area contributed by atoms with Crippen LogP contribution < -0.4 is 0 Å². The van der Waals surface area contributed by atoms with E-state index in [2.05, 4.69) is 4.74 Å². The summed E-state index contributed by atoms with van der Waals surface area (Å²) < 4.78 is 139. The second-order valence-corrected chi connectivity index (χ2v) is 5.92. The molecule has 2 aliphatic rings. The van der Waals surface area contributed by atoms with Crippen LogP contribution in [0.5, 0.6) is 0 Å². The zero-order valence-corrected chi connectivity index (χ0v) is 13.9. The Kier molecular flexibility index (Phi) is 7.10. The smallest absolute Gasteiger partial charge is 0.449 e. The van der Waals surface area contributed by atoms with E-state index in [1.54, 1.807) is 0 Å². The molecule has 2 unspecified atom stereocenters. The van der Waals surface area contributed by atoms with Crippen molar-refractivity contribution < 1.29 is 63.2 Å². The molecule has 2 atom stereocenters. The van der Waals surface area contributed by atoms with Crippen molar-refractivity contribution in [3.05, 3.63) is 11.3 Å². The van der Waals surface area contributed by atoms with E-state index in [4.69, 9.17) is 18.9 Å². The summed E-state index contributed by atoms with van der Waals surface area (Å²) in [6, 6.07) is 0. The Morgan fingerprint density at radius 2 is 1.14 bits per heavy atom. The average Bonchev–Trinajstić information content (AvgIpc) is 3.37. The van der Waals surface area contributed by atoms with Crippen LogP contribution in [0.4, 0.5) is 39.5 Å². The fraction of sp³-hybridized carbons (Fsp3) is 0.857. The molecule has 2 heterocycles. The lowest BCUT2D eigenvalue weighted by molar-refractivity contribution is -0.201. The number of hydrogen-bond acceptors (Lipinski definition) is 5.